The van der Waals surface area contributed by atoms with Crippen molar-refractivity contribution in [2.24, 2.45) is 35.5 Å². The van der Waals surface area contributed by atoms with E-state index in [9.17, 15) is 29.4 Å². The van der Waals surface area contributed by atoms with Crippen LogP contribution in [0.4, 0.5) is 0 Å². The molecule has 1 heterocycles. The van der Waals surface area contributed by atoms with Crippen LogP contribution in [-0.4, -0.2) is 32.1 Å². The molecule has 6 aliphatic rings. The van der Waals surface area contributed by atoms with E-state index in [-0.39, 0.29) is 64.0 Å². The maximum atomic E-state index is 12.9. The van der Waals surface area contributed by atoms with Crippen molar-refractivity contribution >= 4 is 11.9 Å². The Morgan fingerprint density at radius 3 is 1.97 bits per heavy atom. The third-order valence-corrected chi connectivity index (χ3v) is 8.77. The maximum Gasteiger partial charge on any atom is 0.332 e. The van der Waals surface area contributed by atoms with Crippen molar-refractivity contribution in [3.8, 4) is 0 Å². The number of carboxylic acids is 2. The summed E-state index contributed by atoms with van der Waals surface area (Å²) in [5, 5.41) is 19.5. The van der Waals surface area contributed by atoms with E-state index in [1.165, 1.54) is 0 Å². The van der Waals surface area contributed by atoms with Gasteiger partial charge in [0.15, 0.2) is 0 Å². The van der Waals surface area contributed by atoms with E-state index in [0.29, 0.717) is 11.3 Å². The van der Waals surface area contributed by atoms with E-state index in [1.54, 1.807) is 0 Å². The monoisotopic (exact) mass is 418 g/mol. The normalized spacial score (nSPS) is 37.5. The van der Waals surface area contributed by atoms with Gasteiger partial charge < -0.3 is 15.2 Å². The van der Waals surface area contributed by atoms with Gasteiger partial charge in [0, 0.05) is 34.9 Å². The Morgan fingerprint density at radius 1 is 0.839 bits per heavy atom. The molecule has 4 bridgehead atoms. The highest BCUT2D eigenvalue weighted by Gasteiger charge is 2.71. The van der Waals surface area contributed by atoms with Gasteiger partial charge in [0.2, 0.25) is 0 Å². The highest BCUT2D eigenvalue weighted by molar-refractivity contribution is 6.03. The fraction of sp³-hybridized carbons (Fsp3) is 0.391. The third kappa shape index (κ3) is 1.76. The zero-order valence-electron chi connectivity index (χ0n) is 16.2. The van der Waals surface area contributed by atoms with E-state index in [4.69, 9.17) is 0 Å². The van der Waals surface area contributed by atoms with Crippen molar-refractivity contribution in [1.29, 1.82) is 0 Å². The molecule has 8 heteroatoms. The summed E-state index contributed by atoms with van der Waals surface area (Å²) in [6.07, 6.45) is 0.759. The lowest BCUT2D eigenvalue weighted by Gasteiger charge is -2.57. The molecule has 0 aliphatic heterocycles. The molecule has 0 amide bonds. The average molecular weight is 418 g/mol. The highest BCUT2D eigenvalue weighted by atomic mass is 16.4. The lowest BCUT2D eigenvalue weighted by Crippen LogP contribution is -2.54. The Bertz CT molecular complexity index is 1380. The lowest BCUT2D eigenvalue weighted by atomic mass is 9.46. The Labute approximate surface area is 174 Å². The van der Waals surface area contributed by atoms with Crippen molar-refractivity contribution in [3.05, 3.63) is 78.6 Å². The van der Waals surface area contributed by atoms with Gasteiger partial charge >= 0.3 is 17.6 Å². The van der Waals surface area contributed by atoms with Crippen LogP contribution in [0.3, 0.4) is 0 Å². The van der Waals surface area contributed by atoms with Crippen molar-refractivity contribution < 1.29 is 19.8 Å². The molecule has 8 rings (SSSR count). The van der Waals surface area contributed by atoms with Gasteiger partial charge in [-0.25, -0.2) is 14.4 Å². The summed E-state index contributed by atoms with van der Waals surface area (Å²) in [5.74, 6) is -3.03. The lowest BCUT2D eigenvalue weighted by molar-refractivity contribution is -0.140. The third-order valence-electron chi connectivity index (χ3n) is 8.77. The zero-order valence-corrected chi connectivity index (χ0v) is 16.2. The molecule has 0 radical (unpaired) electrons. The average Bonchev–Trinajstić information content (AvgIpc) is 3.20. The number of nitrogens with one attached hydrogen (secondary N) is 2. The van der Waals surface area contributed by atoms with Crippen LogP contribution < -0.4 is 11.2 Å². The van der Waals surface area contributed by atoms with Gasteiger partial charge in [0.05, 0.1) is 11.1 Å². The maximum absolute atomic E-state index is 12.9. The largest absolute Gasteiger partial charge is 0.478 e. The molecule has 8 nitrogen and oxygen atoms in total. The Morgan fingerprint density at radius 2 is 1.39 bits per heavy atom. The predicted octanol–water partition coefficient (Wildman–Crippen LogP) is 1.25. The van der Waals surface area contributed by atoms with Crippen LogP contribution in [0.25, 0.3) is 0 Å². The number of fused-ring (bicyclic) bond motifs is 5. The summed E-state index contributed by atoms with van der Waals surface area (Å²) in [6, 6.07) is 7.95. The first kappa shape index (κ1) is 17.3. The van der Waals surface area contributed by atoms with E-state index in [1.807, 2.05) is 24.3 Å². The molecule has 2 saturated carbocycles. The zero-order chi connectivity index (χ0) is 21.3. The topological polar surface area (TPSA) is 140 Å². The van der Waals surface area contributed by atoms with Crippen molar-refractivity contribution in [3.63, 3.8) is 0 Å². The minimum atomic E-state index is -1.15. The van der Waals surface area contributed by atoms with Gasteiger partial charge in [-0.1, -0.05) is 24.3 Å². The fourth-order valence-electron chi connectivity index (χ4n) is 8.26. The Hall–Kier alpha value is -3.42. The van der Waals surface area contributed by atoms with Crippen LogP contribution in [0.2, 0.25) is 0 Å². The summed E-state index contributed by atoms with van der Waals surface area (Å²) >= 11 is 0. The van der Waals surface area contributed by atoms with Gasteiger partial charge in [-0.15, -0.1) is 0 Å². The van der Waals surface area contributed by atoms with Gasteiger partial charge in [-0.3, -0.25) is 9.78 Å². The summed E-state index contributed by atoms with van der Waals surface area (Å²) in [5.41, 5.74) is 2.59. The number of H-pyrrole nitrogens is 2. The molecule has 156 valence electrons. The Balaban J connectivity index is 1.48. The van der Waals surface area contributed by atoms with Crippen molar-refractivity contribution in [1.82, 2.24) is 9.97 Å². The minimum Gasteiger partial charge on any atom is -0.478 e. The SMILES string of the molecule is O=C(O)C1=C(C(=O)O)[C@H]2[C@H]3C[C@@H]([C@@H]12)[C@@H]1[C@@H]2c4ccccc4[C@@H](c4[nH]c(=O)[nH]c(=O)c42)[C@H]31. The van der Waals surface area contributed by atoms with Crippen LogP contribution >= 0.6 is 0 Å². The number of aromatic amines is 2. The minimum absolute atomic E-state index is 0.0227. The number of rotatable bonds is 2. The molecular formula is C23H18N2O6. The number of benzene rings is 1. The number of aromatic nitrogens is 2. The molecule has 0 unspecified atom stereocenters. The van der Waals surface area contributed by atoms with E-state index in [2.05, 4.69) is 9.97 Å². The van der Waals surface area contributed by atoms with Gasteiger partial charge in [0.25, 0.3) is 5.56 Å². The van der Waals surface area contributed by atoms with Crippen LogP contribution in [-0.2, 0) is 9.59 Å². The second-order valence-corrected chi connectivity index (χ2v) is 9.53. The first-order valence-corrected chi connectivity index (χ1v) is 10.6. The number of aliphatic carboxylic acids is 2. The van der Waals surface area contributed by atoms with Crippen LogP contribution in [0.15, 0.2) is 45.0 Å². The number of carbonyl (C=O) groups is 2. The molecule has 4 N–H and O–H groups in total. The quantitative estimate of drug-likeness (QED) is 0.579. The molecule has 0 saturated heterocycles. The summed E-state index contributed by atoms with van der Waals surface area (Å²) in [7, 11) is 0. The van der Waals surface area contributed by atoms with Gasteiger partial charge in [0.1, 0.15) is 0 Å². The fourth-order valence-corrected chi connectivity index (χ4v) is 8.26. The molecule has 6 aliphatic carbocycles. The van der Waals surface area contributed by atoms with Crippen LogP contribution in [0.5, 0.6) is 0 Å². The summed E-state index contributed by atoms with van der Waals surface area (Å²) in [4.78, 5) is 54.1. The van der Waals surface area contributed by atoms with E-state index >= 15 is 0 Å². The molecule has 2 aromatic rings. The van der Waals surface area contributed by atoms with Crippen molar-refractivity contribution in [2.75, 3.05) is 0 Å². The number of carboxylic acid groups (broad SMARTS) is 2. The molecule has 1 aromatic carbocycles. The highest BCUT2D eigenvalue weighted by Crippen LogP contribution is 2.75. The van der Waals surface area contributed by atoms with Crippen molar-refractivity contribution in [2.45, 2.75) is 18.3 Å². The molecule has 1 aromatic heterocycles. The smallest absolute Gasteiger partial charge is 0.332 e. The molecule has 8 atom stereocenters. The first-order chi connectivity index (χ1) is 14.9. The second kappa shape index (κ2) is 5.25. The first-order valence-electron chi connectivity index (χ1n) is 10.6. The molecule has 2 fully saturated rings. The van der Waals surface area contributed by atoms with Crippen LogP contribution in [0, 0.1) is 35.5 Å². The standard InChI is InChI=1S/C23H18N2O6/c26-20-18-10-6-3-1-2-4-7(6)15(19(18)24-23(31)25-20)12-9-5-8(11(10)12)13-14(9)17(22(29)30)16(13)21(27)28/h1-4,8-15H,5H2,(H,27,28)(H,29,30)(H2,24,25,26,31)/t8-,9+,10+,11-,12-,13-,14+,15-/m1/s1. The predicted molar refractivity (Wildman–Crippen MR) is 106 cm³/mol. The van der Waals surface area contributed by atoms with Gasteiger partial charge in [-0.05, 0) is 41.2 Å². The van der Waals surface area contributed by atoms with E-state index in [0.717, 1.165) is 17.5 Å². The second-order valence-electron chi connectivity index (χ2n) is 9.53. The number of hydrogen-bond donors (Lipinski definition) is 4. The molecule has 31 heavy (non-hydrogen) atoms. The number of hydrogen-bond acceptors (Lipinski definition) is 4. The van der Waals surface area contributed by atoms with E-state index < -0.39 is 17.6 Å². The van der Waals surface area contributed by atoms with Gasteiger partial charge in [-0.2, -0.15) is 0 Å². The Kier molecular flexibility index (Phi) is 2.92. The van der Waals surface area contributed by atoms with Crippen LogP contribution in [0.1, 0.15) is 40.6 Å². The summed E-state index contributed by atoms with van der Waals surface area (Å²) < 4.78 is 0. The molecule has 0 spiro atoms. The molecular weight excluding hydrogens is 400 g/mol. The summed E-state index contributed by atoms with van der Waals surface area (Å²) in [6.45, 7) is 0.